The Bertz CT molecular complexity index is 1200. The van der Waals surface area contributed by atoms with Crippen molar-refractivity contribution >= 4 is 40.4 Å². The van der Waals surface area contributed by atoms with E-state index in [4.69, 9.17) is 0 Å². The zero-order valence-corrected chi connectivity index (χ0v) is 17.6. The highest BCUT2D eigenvalue weighted by molar-refractivity contribution is 8.00. The highest BCUT2D eigenvalue weighted by Gasteiger charge is 2.32. The summed E-state index contributed by atoms with van der Waals surface area (Å²) in [5.74, 6) is -1.37. The molecule has 2 N–H and O–H groups in total. The second-order valence-corrected chi connectivity index (χ2v) is 8.12. The van der Waals surface area contributed by atoms with Gasteiger partial charge >= 0.3 is 6.36 Å². The molecule has 3 aromatic rings. The van der Waals surface area contributed by atoms with Gasteiger partial charge in [0.2, 0.25) is 11.8 Å². The molecule has 1 aliphatic heterocycles. The maximum Gasteiger partial charge on any atom is 0.573 e. The van der Waals surface area contributed by atoms with Crippen LogP contribution in [-0.4, -0.2) is 23.2 Å². The summed E-state index contributed by atoms with van der Waals surface area (Å²) < 4.78 is 45.0. The molecule has 1 aliphatic rings. The number of amides is 2. The van der Waals surface area contributed by atoms with Crippen molar-refractivity contribution in [2.45, 2.75) is 36.9 Å². The molecule has 0 radical (unpaired) electrons. The van der Waals surface area contributed by atoms with Crippen molar-refractivity contribution in [2.75, 3.05) is 4.72 Å². The van der Waals surface area contributed by atoms with Crippen molar-refractivity contribution in [3.8, 4) is 5.75 Å². The molecule has 1 unspecified atom stereocenters. The van der Waals surface area contributed by atoms with Crippen LogP contribution < -0.4 is 14.8 Å². The Morgan fingerprint density at radius 2 is 1.94 bits per heavy atom. The lowest BCUT2D eigenvalue weighted by atomic mass is 9.89. The number of carbonyl (C=O) groups is 2. The van der Waals surface area contributed by atoms with E-state index in [1.807, 2.05) is 13.0 Å². The molecule has 0 bridgehead atoms. The summed E-state index contributed by atoms with van der Waals surface area (Å²) in [5.41, 5.74) is 2.82. The highest BCUT2D eigenvalue weighted by atomic mass is 32.2. The van der Waals surface area contributed by atoms with Gasteiger partial charge in [0.05, 0.1) is 16.3 Å². The summed E-state index contributed by atoms with van der Waals surface area (Å²) in [6.07, 6.45) is -4.09. The number of para-hydroxylation sites is 1. The summed E-state index contributed by atoms with van der Waals surface area (Å²) in [6.45, 7) is 1.82. The molecule has 2 amide bonds. The minimum Gasteiger partial charge on any atom is -0.405 e. The monoisotopic (exact) mass is 461 g/mol. The molecular weight excluding hydrogens is 443 g/mol. The third-order valence-electron chi connectivity index (χ3n) is 5.01. The molecule has 6 nitrogen and oxygen atoms in total. The minimum atomic E-state index is -4.78. The molecule has 1 saturated heterocycles. The van der Waals surface area contributed by atoms with Crippen LogP contribution in [0.5, 0.6) is 5.75 Å². The number of hydrogen-bond acceptors (Lipinski definition) is 6. The first-order valence-electron chi connectivity index (χ1n) is 9.72. The van der Waals surface area contributed by atoms with E-state index in [-0.39, 0.29) is 28.9 Å². The van der Waals surface area contributed by atoms with E-state index in [9.17, 15) is 22.8 Å². The molecule has 32 heavy (non-hydrogen) atoms. The fraction of sp³-hybridized carbons (Fsp3) is 0.227. The first kappa shape index (κ1) is 21.9. The Morgan fingerprint density at radius 3 is 2.69 bits per heavy atom. The Labute approximate surface area is 185 Å². The van der Waals surface area contributed by atoms with E-state index in [0.717, 1.165) is 28.4 Å². The van der Waals surface area contributed by atoms with Crippen LogP contribution in [0.4, 0.5) is 18.9 Å². The molecule has 4 rings (SSSR count). The zero-order valence-electron chi connectivity index (χ0n) is 16.8. The Hall–Kier alpha value is -3.27. The van der Waals surface area contributed by atoms with Gasteiger partial charge in [-0.3, -0.25) is 19.9 Å². The number of piperidine rings is 1. The number of alkyl halides is 3. The van der Waals surface area contributed by atoms with Crippen LogP contribution in [0.15, 0.2) is 53.4 Å². The fourth-order valence-corrected chi connectivity index (χ4v) is 4.26. The number of pyridine rings is 1. The van der Waals surface area contributed by atoms with Gasteiger partial charge in [-0.15, -0.1) is 13.2 Å². The molecular formula is C22H18F3N3O3S. The van der Waals surface area contributed by atoms with Gasteiger partial charge in [0.1, 0.15) is 5.75 Å². The smallest absolute Gasteiger partial charge is 0.405 e. The number of fused-ring (bicyclic) bond motifs is 1. The van der Waals surface area contributed by atoms with Crippen molar-refractivity contribution in [1.29, 1.82) is 0 Å². The van der Waals surface area contributed by atoms with Crippen molar-refractivity contribution in [3.05, 3.63) is 59.8 Å². The Balaban J connectivity index is 1.57. The summed E-state index contributed by atoms with van der Waals surface area (Å²) >= 11 is 0.988. The van der Waals surface area contributed by atoms with E-state index in [0.29, 0.717) is 17.8 Å². The molecule has 0 saturated carbocycles. The van der Waals surface area contributed by atoms with Gasteiger partial charge in [-0.25, -0.2) is 0 Å². The van der Waals surface area contributed by atoms with Crippen LogP contribution in [0, 0.1) is 6.92 Å². The number of nitrogens with zero attached hydrogens (tertiary/aromatic N) is 1. The lowest BCUT2D eigenvalue weighted by Crippen LogP contribution is -2.39. The standard InChI is InChI=1S/C22H18F3N3O3S/c1-12-16(15-7-9-20(29)27-21(15)30)11-13-10-14(6-8-17(13)26-12)28-32-19-5-3-2-4-18(19)31-22(23,24)25/h2-6,8,10-11,15,28H,7,9H2,1H3,(H,27,29,30). The van der Waals surface area contributed by atoms with Crippen molar-refractivity contribution in [3.63, 3.8) is 0 Å². The first-order valence-corrected chi connectivity index (χ1v) is 10.5. The SMILES string of the molecule is Cc1nc2ccc(NSc3ccccc3OC(F)(F)F)cc2cc1C1CCC(=O)NC1=O. The Kier molecular flexibility index (Phi) is 5.96. The van der Waals surface area contributed by atoms with Crippen LogP contribution in [0.25, 0.3) is 10.9 Å². The van der Waals surface area contributed by atoms with E-state index in [1.165, 1.54) is 18.2 Å². The van der Waals surface area contributed by atoms with E-state index in [2.05, 4.69) is 19.8 Å². The van der Waals surface area contributed by atoms with Gasteiger partial charge in [0.15, 0.2) is 0 Å². The number of hydrogen-bond donors (Lipinski definition) is 2. The van der Waals surface area contributed by atoms with E-state index in [1.54, 1.807) is 24.3 Å². The number of imide groups is 1. The maximum absolute atomic E-state index is 12.6. The Morgan fingerprint density at radius 1 is 1.16 bits per heavy atom. The number of rotatable bonds is 5. The number of aromatic nitrogens is 1. The number of carbonyl (C=O) groups excluding carboxylic acids is 2. The number of nitrogens with one attached hydrogen (secondary N) is 2. The van der Waals surface area contributed by atoms with Gasteiger partial charge in [0.25, 0.3) is 0 Å². The van der Waals surface area contributed by atoms with Crippen LogP contribution >= 0.6 is 11.9 Å². The number of aryl methyl sites for hydroxylation is 1. The van der Waals surface area contributed by atoms with E-state index < -0.39 is 12.3 Å². The summed E-state index contributed by atoms with van der Waals surface area (Å²) in [6, 6.07) is 13.1. The van der Waals surface area contributed by atoms with Gasteiger partial charge < -0.3 is 9.46 Å². The quantitative estimate of drug-likeness (QED) is 0.407. The largest absolute Gasteiger partial charge is 0.573 e. The van der Waals surface area contributed by atoms with Crippen LogP contribution in [0.3, 0.4) is 0 Å². The number of anilines is 1. The number of benzene rings is 2. The predicted molar refractivity (Wildman–Crippen MR) is 114 cm³/mol. The first-order chi connectivity index (χ1) is 15.2. The molecule has 2 aromatic carbocycles. The minimum absolute atomic E-state index is 0.269. The van der Waals surface area contributed by atoms with Gasteiger partial charge in [0, 0.05) is 23.2 Å². The summed E-state index contributed by atoms with van der Waals surface area (Å²) in [4.78, 5) is 28.6. The van der Waals surface area contributed by atoms with Crippen LogP contribution in [-0.2, 0) is 9.59 Å². The molecule has 1 atom stereocenters. The van der Waals surface area contributed by atoms with Crippen LogP contribution in [0.1, 0.15) is 30.0 Å². The molecule has 166 valence electrons. The molecule has 0 spiro atoms. The van der Waals surface area contributed by atoms with Crippen molar-refractivity contribution < 1.29 is 27.5 Å². The molecule has 0 aliphatic carbocycles. The third-order valence-corrected chi connectivity index (χ3v) is 5.91. The van der Waals surface area contributed by atoms with Gasteiger partial charge in [-0.1, -0.05) is 12.1 Å². The summed E-state index contributed by atoms with van der Waals surface area (Å²) in [5, 5.41) is 3.13. The average Bonchev–Trinajstić information content (AvgIpc) is 2.72. The van der Waals surface area contributed by atoms with Gasteiger partial charge in [-0.05, 0) is 67.3 Å². The van der Waals surface area contributed by atoms with Crippen LogP contribution in [0.2, 0.25) is 0 Å². The molecule has 2 heterocycles. The summed E-state index contributed by atoms with van der Waals surface area (Å²) in [7, 11) is 0. The molecule has 1 fully saturated rings. The molecule has 1 aromatic heterocycles. The second kappa shape index (κ2) is 8.70. The molecule has 10 heteroatoms. The lowest BCUT2D eigenvalue weighted by molar-refractivity contribution is -0.275. The van der Waals surface area contributed by atoms with Crippen molar-refractivity contribution in [2.24, 2.45) is 0 Å². The highest BCUT2D eigenvalue weighted by Crippen LogP contribution is 2.35. The lowest BCUT2D eigenvalue weighted by Gasteiger charge is -2.22. The topological polar surface area (TPSA) is 80.3 Å². The van der Waals surface area contributed by atoms with Gasteiger partial charge in [-0.2, -0.15) is 0 Å². The zero-order chi connectivity index (χ0) is 22.9. The number of halogens is 3. The maximum atomic E-state index is 12.6. The fourth-order valence-electron chi connectivity index (χ4n) is 3.55. The van der Waals surface area contributed by atoms with E-state index >= 15 is 0 Å². The predicted octanol–water partition coefficient (Wildman–Crippen LogP) is 5.08. The van der Waals surface area contributed by atoms with Crippen molar-refractivity contribution in [1.82, 2.24) is 10.3 Å². The second-order valence-electron chi connectivity index (χ2n) is 7.27. The average molecular weight is 461 g/mol. The number of ether oxygens (including phenoxy) is 1. The third kappa shape index (κ3) is 4.96. The normalized spacial score (nSPS) is 16.7.